The summed E-state index contributed by atoms with van der Waals surface area (Å²) in [4.78, 5) is 21.0. The van der Waals surface area contributed by atoms with E-state index < -0.39 is 10.0 Å². The highest BCUT2D eigenvalue weighted by atomic mass is 32.2. The van der Waals surface area contributed by atoms with Crippen molar-refractivity contribution in [3.63, 3.8) is 0 Å². The van der Waals surface area contributed by atoms with Crippen LogP contribution in [0.25, 0.3) is 0 Å². The number of piperazine rings is 1. The van der Waals surface area contributed by atoms with Gasteiger partial charge >= 0.3 is 0 Å². The second-order valence-electron chi connectivity index (χ2n) is 8.72. The lowest BCUT2D eigenvalue weighted by molar-refractivity contribution is -0.137. The zero-order valence-corrected chi connectivity index (χ0v) is 19.3. The molecular formula is C22H30FN5O3S. The van der Waals surface area contributed by atoms with Crippen molar-refractivity contribution in [1.29, 1.82) is 0 Å². The molecule has 0 aliphatic carbocycles. The third-order valence-corrected chi connectivity index (χ3v) is 8.05. The van der Waals surface area contributed by atoms with Crippen molar-refractivity contribution in [2.75, 3.05) is 44.2 Å². The second kappa shape index (κ2) is 9.19. The first-order valence-corrected chi connectivity index (χ1v) is 12.5. The van der Waals surface area contributed by atoms with Crippen LogP contribution in [0.4, 0.5) is 10.1 Å². The van der Waals surface area contributed by atoms with E-state index in [9.17, 15) is 17.6 Å². The molecule has 1 amide bonds. The molecule has 4 rings (SSSR count). The van der Waals surface area contributed by atoms with Crippen molar-refractivity contribution < 1.29 is 17.6 Å². The Kier molecular flexibility index (Phi) is 6.52. The number of imidazole rings is 1. The molecule has 0 bridgehead atoms. The van der Waals surface area contributed by atoms with Gasteiger partial charge in [0.25, 0.3) is 10.0 Å². The van der Waals surface area contributed by atoms with Gasteiger partial charge in [-0.3, -0.25) is 4.79 Å². The van der Waals surface area contributed by atoms with Crippen LogP contribution in [-0.2, 0) is 14.8 Å². The summed E-state index contributed by atoms with van der Waals surface area (Å²) in [6.07, 6.45) is 4.38. The number of benzene rings is 1. The van der Waals surface area contributed by atoms with E-state index in [1.165, 1.54) is 16.7 Å². The van der Waals surface area contributed by atoms with Gasteiger partial charge in [-0.1, -0.05) is 12.1 Å². The van der Waals surface area contributed by atoms with Crippen LogP contribution < -0.4 is 4.90 Å². The standard InChI is InChI=1S/C22H30FN5O3S/c1-17(2)27-15-21(24-16-27)32(30,31)28-9-5-6-18(14-28)22(29)26-12-10-25(11-13-26)20-8-4-3-7-19(20)23/h3-4,7-8,15-18H,5-6,9-14H2,1-2H3/t18-/m1/s1. The van der Waals surface area contributed by atoms with Crippen LogP contribution in [0.5, 0.6) is 0 Å². The Labute approximate surface area is 188 Å². The van der Waals surface area contributed by atoms with Crippen LogP contribution >= 0.6 is 0 Å². The van der Waals surface area contributed by atoms with Crippen LogP contribution in [0.3, 0.4) is 0 Å². The number of aromatic nitrogens is 2. The first kappa shape index (κ1) is 22.7. The lowest BCUT2D eigenvalue weighted by Crippen LogP contribution is -2.53. The predicted molar refractivity (Wildman–Crippen MR) is 119 cm³/mol. The number of hydrogen-bond donors (Lipinski definition) is 0. The maximum absolute atomic E-state index is 14.1. The minimum atomic E-state index is -3.74. The van der Waals surface area contributed by atoms with Gasteiger partial charge in [-0.05, 0) is 38.8 Å². The molecule has 174 valence electrons. The lowest BCUT2D eigenvalue weighted by atomic mass is 9.97. The Morgan fingerprint density at radius 1 is 1.12 bits per heavy atom. The summed E-state index contributed by atoms with van der Waals surface area (Å²) >= 11 is 0. The minimum absolute atomic E-state index is 0.0224. The van der Waals surface area contributed by atoms with Gasteiger partial charge in [-0.15, -0.1) is 0 Å². The van der Waals surface area contributed by atoms with Crippen molar-refractivity contribution in [2.45, 2.75) is 37.8 Å². The molecule has 0 saturated carbocycles. The third-order valence-electron chi connectivity index (χ3n) is 6.30. The molecular weight excluding hydrogens is 433 g/mol. The molecule has 2 aromatic rings. The molecule has 2 saturated heterocycles. The summed E-state index contributed by atoms with van der Waals surface area (Å²) in [7, 11) is -3.74. The Balaban J connectivity index is 1.39. The summed E-state index contributed by atoms with van der Waals surface area (Å²) in [6, 6.07) is 6.77. The number of para-hydroxylation sites is 1. The number of piperidine rings is 1. The average molecular weight is 464 g/mol. The van der Waals surface area contributed by atoms with Crippen molar-refractivity contribution >= 4 is 21.6 Å². The van der Waals surface area contributed by atoms with Gasteiger partial charge in [-0.25, -0.2) is 17.8 Å². The largest absolute Gasteiger partial charge is 0.366 e. The molecule has 0 radical (unpaired) electrons. The number of nitrogens with zero attached hydrogens (tertiary/aromatic N) is 5. The average Bonchev–Trinajstić information content (AvgIpc) is 3.31. The van der Waals surface area contributed by atoms with Gasteiger partial charge in [0, 0.05) is 51.5 Å². The normalized spacial score (nSPS) is 20.7. The molecule has 1 aromatic heterocycles. The highest BCUT2D eigenvalue weighted by Gasteiger charge is 2.37. The van der Waals surface area contributed by atoms with Gasteiger partial charge in [0.1, 0.15) is 5.82 Å². The monoisotopic (exact) mass is 463 g/mol. The van der Waals surface area contributed by atoms with Gasteiger partial charge in [-0.2, -0.15) is 4.31 Å². The molecule has 3 heterocycles. The first-order chi connectivity index (χ1) is 15.3. The molecule has 0 unspecified atom stereocenters. The molecule has 1 aromatic carbocycles. The number of hydrogen-bond acceptors (Lipinski definition) is 5. The Bertz CT molecular complexity index is 1060. The number of anilines is 1. The van der Waals surface area contributed by atoms with E-state index in [0.29, 0.717) is 51.3 Å². The van der Waals surface area contributed by atoms with Crippen LogP contribution in [0, 0.1) is 11.7 Å². The Hall–Kier alpha value is -2.46. The molecule has 2 aliphatic rings. The fourth-order valence-electron chi connectivity index (χ4n) is 4.36. The molecule has 2 fully saturated rings. The maximum atomic E-state index is 14.1. The molecule has 32 heavy (non-hydrogen) atoms. The van der Waals surface area contributed by atoms with Crippen molar-refractivity contribution in [1.82, 2.24) is 18.8 Å². The zero-order valence-electron chi connectivity index (χ0n) is 18.5. The molecule has 10 heteroatoms. The summed E-state index contributed by atoms with van der Waals surface area (Å²) in [5.41, 5.74) is 0.551. The van der Waals surface area contributed by atoms with E-state index >= 15 is 0 Å². The van der Waals surface area contributed by atoms with E-state index in [4.69, 9.17) is 0 Å². The van der Waals surface area contributed by atoms with Crippen LogP contribution in [0.1, 0.15) is 32.7 Å². The van der Waals surface area contributed by atoms with Crippen LogP contribution in [-0.4, -0.2) is 72.3 Å². The molecule has 8 nitrogen and oxygen atoms in total. The van der Waals surface area contributed by atoms with E-state index in [1.807, 2.05) is 18.7 Å². The Morgan fingerprint density at radius 2 is 1.84 bits per heavy atom. The summed E-state index contributed by atoms with van der Waals surface area (Å²) in [5.74, 6) is -0.656. The van der Waals surface area contributed by atoms with Crippen molar-refractivity contribution in [2.24, 2.45) is 5.92 Å². The first-order valence-electron chi connectivity index (χ1n) is 11.1. The minimum Gasteiger partial charge on any atom is -0.366 e. The number of carbonyl (C=O) groups excluding carboxylic acids is 1. The highest BCUT2D eigenvalue weighted by Crippen LogP contribution is 2.26. The van der Waals surface area contributed by atoms with E-state index in [1.54, 1.807) is 33.9 Å². The third kappa shape index (κ3) is 4.52. The number of amides is 1. The fourth-order valence-corrected chi connectivity index (χ4v) is 5.81. The molecule has 0 N–H and O–H groups in total. The number of carbonyl (C=O) groups is 1. The second-order valence-corrected chi connectivity index (χ2v) is 10.6. The topological polar surface area (TPSA) is 78.8 Å². The van der Waals surface area contributed by atoms with Gasteiger partial charge in [0.2, 0.25) is 5.91 Å². The molecule has 0 spiro atoms. The molecule has 1 atom stereocenters. The van der Waals surface area contributed by atoms with Gasteiger partial charge < -0.3 is 14.4 Å². The van der Waals surface area contributed by atoms with E-state index in [0.717, 1.165) is 0 Å². The van der Waals surface area contributed by atoms with E-state index in [-0.39, 0.29) is 35.3 Å². The van der Waals surface area contributed by atoms with Crippen molar-refractivity contribution in [3.8, 4) is 0 Å². The fraction of sp³-hybridized carbons (Fsp3) is 0.545. The maximum Gasteiger partial charge on any atom is 0.262 e. The highest BCUT2D eigenvalue weighted by molar-refractivity contribution is 7.89. The predicted octanol–water partition coefficient (Wildman–Crippen LogP) is 2.35. The number of sulfonamides is 1. The van der Waals surface area contributed by atoms with Crippen LogP contribution in [0.2, 0.25) is 0 Å². The number of halogens is 1. The quantitative estimate of drug-likeness (QED) is 0.680. The van der Waals surface area contributed by atoms with E-state index in [2.05, 4.69) is 4.98 Å². The molecule has 2 aliphatic heterocycles. The van der Waals surface area contributed by atoms with Gasteiger partial charge in [0.05, 0.1) is 17.9 Å². The lowest BCUT2D eigenvalue weighted by Gasteiger charge is -2.39. The number of rotatable bonds is 5. The van der Waals surface area contributed by atoms with Crippen molar-refractivity contribution in [3.05, 3.63) is 42.6 Å². The SMILES string of the molecule is CC(C)n1cnc(S(=O)(=O)N2CCC[C@@H](C(=O)N3CCN(c4ccccc4F)CC3)C2)c1. The van der Waals surface area contributed by atoms with Crippen LogP contribution in [0.15, 0.2) is 41.8 Å². The summed E-state index contributed by atoms with van der Waals surface area (Å²) < 4.78 is 43.4. The smallest absolute Gasteiger partial charge is 0.262 e. The summed E-state index contributed by atoms with van der Waals surface area (Å²) in [6.45, 7) is 6.57. The van der Waals surface area contributed by atoms with Gasteiger partial charge in [0.15, 0.2) is 5.03 Å². The summed E-state index contributed by atoms with van der Waals surface area (Å²) in [5, 5.41) is 0.0257. The zero-order chi connectivity index (χ0) is 22.9. The Morgan fingerprint density at radius 3 is 2.50 bits per heavy atom.